The van der Waals surface area contributed by atoms with Crippen LogP contribution in [0.3, 0.4) is 0 Å². The Morgan fingerprint density at radius 2 is 1.52 bits per heavy atom. The van der Waals surface area contributed by atoms with Crippen LogP contribution in [-0.4, -0.2) is 18.3 Å². The SMILES string of the molecule is C=Cc1ccc(OCCOc2cc(N=Nc3ccccc3)c(O)c(C(C)(C)C)c2)cc1. The number of nitrogens with zero attached hydrogens (tertiary/aromatic N) is 2. The van der Waals surface area contributed by atoms with Crippen molar-refractivity contribution in [3.05, 3.63) is 84.4 Å². The van der Waals surface area contributed by atoms with Crippen molar-refractivity contribution < 1.29 is 14.6 Å². The maximum atomic E-state index is 10.7. The largest absolute Gasteiger partial charge is 0.505 e. The maximum absolute atomic E-state index is 10.7. The van der Waals surface area contributed by atoms with E-state index in [1.165, 1.54) is 0 Å². The van der Waals surface area contributed by atoms with Crippen molar-refractivity contribution >= 4 is 17.5 Å². The van der Waals surface area contributed by atoms with Crippen LogP contribution in [0.15, 0.2) is 83.5 Å². The van der Waals surface area contributed by atoms with E-state index in [4.69, 9.17) is 9.47 Å². The molecule has 0 atom stereocenters. The lowest BCUT2D eigenvalue weighted by Crippen LogP contribution is -2.13. The summed E-state index contributed by atoms with van der Waals surface area (Å²) in [5, 5.41) is 19.2. The molecule has 0 radical (unpaired) electrons. The highest BCUT2D eigenvalue weighted by atomic mass is 16.5. The summed E-state index contributed by atoms with van der Waals surface area (Å²) >= 11 is 0. The summed E-state index contributed by atoms with van der Waals surface area (Å²) in [6.45, 7) is 10.6. The molecule has 0 aliphatic heterocycles. The van der Waals surface area contributed by atoms with E-state index in [9.17, 15) is 5.11 Å². The fourth-order valence-corrected chi connectivity index (χ4v) is 2.95. The Morgan fingerprint density at radius 3 is 2.13 bits per heavy atom. The highest BCUT2D eigenvalue weighted by molar-refractivity contribution is 5.61. The average molecular weight is 417 g/mol. The minimum atomic E-state index is -0.288. The molecule has 0 saturated carbocycles. The molecule has 0 spiro atoms. The topological polar surface area (TPSA) is 63.4 Å². The normalized spacial score (nSPS) is 11.5. The van der Waals surface area contributed by atoms with Crippen LogP contribution in [0.4, 0.5) is 11.4 Å². The quantitative estimate of drug-likeness (QED) is 0.312. The highest BCUT2D eigenvalue weighted by Gasteiger charge is 2.22. The van der Waals surface area contributed by atoms with Crippen LogP contribution in [0.1, 0.15) is 31.9 Å². The highest BCUT2D eigenvalue weighted by Crippen LogP contribution is 2.41. The number of phenolic OH excluding ortho intramolecular Hbond substituents is 1. The third-order valence-electron chi connectivity index (χ3n) is 4.64. The molecule has 5 heteroatoms. The van der Waals surface area contributed by atoms with Gasteiger partial charge >= 0.3 is 0 Å². The first kappa shape index (κ1) is 22.1. The van der Waals surface area contributed by atoms with Gasteiger partial charge < -0.3 is 14.6 Å². The van der Waals surface area contributed by atoms with E-state index < -0.39 is 0 Å². The van der Waals surface area contributed by atoms with Crippen LogP contribution in [0.25, 0.3) is 6.08 Å². The number of aromatic hydroxyl groups is 1. The molecular weight excluding hydrogens is 388 g/mol. The summed E-state index contributed by atoms with van der Waals surface area (Å²) in [6.07, 6.45) is 1.79. The molecule has 1 N–H and O–H groups in total. The molecule has 3 rings (SSSR count). The van der Waals surface area contributed by atoms with Crippen molar-refractivity contribution in [1.29, 1.82) is 0 Å². The molecule has 31 heavy (non-hydrogen) atoms. The summed E-state index contributed by atoms with van der Waals surface area (Å²) in [7, 11) is 0. The number of azo groups is 1. The van der Waals surface area contributed by atoms with E-state index in [0.29, 0.717) is 30.3 Å². The van der Waals surface area contributed by atoms with E-state index in [1.807, 2.05) is 81.4 Å². The van der Waals surface area contributed by atoms with Crippen LogP contribution in [0.2, 0.25) is 0 Å². The van der Waals surface area contributed by atoms with E-state index in [2.05, 4.69) is 16.8 Å². The third-order valence-corrected chi connectivity index (χ3v) is 4.64. The fourth-order valence-electron chi connectivity index (χ4n) is 2.95. The van der Waals surface area contributed by atoms with E-state index in [-0.39, 0.29) is 11.2 Å². The van der Waals surface area contributed by atoms with Crippen molar-refractivity contribution in [1.82, 2.24) is 0 Å². The summed E-state index contributed by atoms with van der Waals surface area (Å²) in [5.74, 6) is 1.49. The van der Waals surface area contributed by atoms with Gasteiger partial charge in [-0.1, -0.05) is 63.8 Å². The summed E-state index contributed by atoms with van der Waals surface area (Å²) in [6, 6.07) is 20.6. The molecule has 0 fully saturated rings. The molecule has 3 aromatic rings. The van der Waals surface area contributed by atoms with Gasteiger partial charge in [0.15, 0.2) is 0 Å². The van der Waals surface area contributed by atoms with Gasteiger partial charge in [0.2, 0.25) is 0 Å². The van der Waals surface area contributed by atoms with Gasteiger partial charge in [0.1, 0.15) is 36.1 Å². The Balaban J connectivity index is 1.72. The van der Waals surface area contributed by atoms with Crippen molar-refractivity contribution in [2.45, 2.75) is 26.2 Å². The van der Waals surface area contributed by atoms with E-state index in [0.717, 1.165) is 16.9 Å². The van der Waals surface area contributed by atoms with Crippen molar-refractivity contribution in [2.75, 3.05) is 13.2 Å². The van der Waals surface area contributed by atoms with Gasteiger partial charge in [0.05, 0.1) is 5.69 Å². The molecule has 0 aromatic heterocycles. The Bertz CT molecular complexity index is 1040. The number of hydrogen-bond donors (Lipinski definition) is 1. The van der Waals surface area contributed by atoms with Gasteiger partial charge in [-0.2, -0.15) is 5.11 Å². The zero-order chi connectivity index (χ0) is 22.3. The standard InChI is InChI=1S/C26H28N2O3/c1-5-19-11-13-21(14-12-19)30-15-16-31-22-17-23(26(2,3)4)25(29)24(18-22)28-27-20-9-7-6-8-10-20/h5-14,17-18,29H,1,15-16H2,2-4H3. The molecule has 0 amide bonds. The Morgan fingerprint density at radius 1 is 0.871 bits per heavy atom. The monoisotopic (exact) mass is 416 g/mol. The number of phenols is 1. The summed E-state index contributed by atoms with van der Waals surface area (Å²) in [4.78, 5) is 0. The fraction of sp³-hybridized carbons (Fsp3) is 0.231. The summed E-state index contributed by atoms with van der Waals surface area (Å²) < 4.78 is 11.6. The van der Waals surface area contributed by atoms with Gasteiger partial charge in [-0.15, -0.1) is 5.11 Å². The van der Waals surface area contributed by atoms with Crippen LogP contribution < -0.4 is 9.47 Å². The minimum absolute atomic E-state index is 0.109. The third kappa shape index (κ3) is 6.19. The molecule has 0 aliphatic rings. The second kappa shape index (κ2) is 9.94. The van der Waals surface area contributed by atoms with Gasteiger partial charge in [-0.3, -0.25) is 0 Å². The minimum Gasteiger partial charge on any atom is -0.505 e. The van der Waals surface area contributed by atoms with E-state index >= 15 is 0 Å². The average Bonchev–Trinajstić information content (AvgIpc) is 2.77. The van der Waals surface area contributed by atoms with Crippen LogP contribution >= 0.6 is 0 Å². The zero-order valence-corrected chi connectivity index (χ0v) is 18.2. The Labute approximate surface area is 183 Å². The molecule has 0 heterocycles. The zero-order valence-electron chi connectivity index (χ0n) is 18.2. The molecule has 0 unspecified atom stereocenters. The smallest absolute Gasteiger partial charge is 0.147 e. The van der Waals surface area contributed by atoms with Crippen molar-refractivity contribution in [3.63, 3.8) is 0 Å². The molecule has 5 nitrogen and oxygen atoms in total. The number of benzene rings is 3. The number of rotatable bonds is 8. The van der Waals surface area contributed by atoms with Crippen molar-refractivity contribution in [2.24, 2.45) is 10.2 Å². The van der Waals surface area contributed by atoms with Crippen molar-refractivity contribution in [3.8, 4) is 17.2 Å². The maximum Gasteiger partial charge on any atom is 0.147 e. The first-order valence-corrected chi connectivity index (χ1v) is 10.2. The van der Waals surface area contributed by atoms with Gasteiger partial charge in [-0.25, -0.2) is 0 Å². The lowest BCUT2D eigenvalue weighted by atomic mass is 9.86. The summed E-state index contributed by atoms with van der Waals surface area (Å²) in [5.41, 5.74) is 2.57. The van der Waals surface area contributed by atoms with E-state index in [1.54, 1.807) is 12.1 Å². The lowest BCUT2D eigenvalue weighted by Gasteiger charge is -2.22. The van der Waals surface area contributed by atoms with Crippen LogP contribution in [-0.2, 0) is 5.41 Å². The second-order valence-electron chi connectivity index (χ2n) is 8.09. The molecule has 0 saturated heterocycles. The first-order chi connectivity index (χ1) is 14.9. The molecule has 0 aliphatic carbocycles. The number of ether oxygens (including phenoxy) is 2. The first-order valence-electron chi connectivity index (χ1n) is 10.2. The Kier molecular flexibility index (Phi) is 7.08. The van der Waals surface area contributed by atoms with Gasteiger partial charge in [0, 0.05) is 11.6 Å². The second-order valence-corrected chi connectivity index (χ2v) is 8.09. The molecular formula is C26H28N2O3. The predicted octanol–water partition coefficient (Wildman–Crippen LogP) is 7.21. The molecule has 160 valence electrons. The number of hydrogen-bond acceptors (Lipinski definition) is 5. The predicted molar refractivity (Wildman–Crippen MR) is 125 cm³/mol. The van der Waals surface area contributed by atoms with Crippen LogP contribution in [0, 0.1) is 0 Å². The molecule has 0 bridgehead atoms. The molecule has 3 aromatic carbocycles. The Hall–Kier alpha value is -3.60. The lowest BCUT2D eigenvalue weighted by molar-refractivity contribution is 0.216. The van der Waals surface area contributed by atoms with Gasteiger partial charge in [-0.05, 0) is 41.3 Å². The van der Waals surface area contributed by atoms with Crippen LogP contribution in [0.5, 0.6) is 17.2 Å². The van der Waals surface area contributed by atoms with Gasteiger partial charge in [0.25, 0.3) is 0 Å².